The number of para-hydroxylation sites is 2. The Morgan fingerprint density at radius 2 is 1.69 bits per heavy atom. The minimum atomic E-state index is -4.11. The number of anilines is 2. The highest BCUT2D eigenvalue weighted by atomic mass is 35.5. The first-order valence-corrected chi connectivity index (χ1v) is 12.0. The normalized spacial score (nSPS) is 11.1. The molecule has 6 nitrogen and oxygen atoms in total. The monoisotopic (exact) mass is 492 g/mol. The first-order valence-electron chi connectivity index (χ1n) is 9.79. The number of rotatable bonds is 8. The molecule has 0 aliphatic heterocycles. The van der Waals surface area contributed by atoms with Gasteiger partial charge in [0.1, 0.15) is 12.3 Å². The predicted molar refractivity (Wildman–Crippen MR) is 128 cm³/mol. The highest BCUT2D eigenvalue weighted by Gasteiger charge is 2.29. The van der Waals surface area contributed by atoms with E-state index < -0.39 is 22.5 Å². The zero-order chi connectivity index (χ0) is 23.3. The number of nitrogens with one attached hydrogen (secondary N) is 1. The molecule has 32 heavy (non-hydrogen) atoms. The summed E-state index contributed by atoms with van der Waals surface area (Å²) in [6.45, 7) is 3.43. The second-order valence-electron chi connectivity index (χ2n) is 6.83. The largest absolute Gasteiger partial charge is 0.492 e. The van der Waals surface area contributed by atoms with E-state index in [4.69, 9.17) is 27.9 Å². The van der Waals surface area contributed by atoms with Crippen LogP contribution in [-0.2, 0) is 14.8 Å². The number of sulfonamides is 1. The molecule has 0 radical (unpaired) electrons. The summed E-state index contributed by atoms with van der Waals surface area (Å²) in [7, 11) is -4.11. The van der Waals surface area contributed by atoms with E-state index in [0.717, 1.165) is 4.31 Å². The number of amides is 1. The van der Waals surface area contributed by atoms with Crippen LogP contribution in [0, 0.1) is 6.92 Å². The molecular weight excluding hydrogens is 471 g/mol. The summed E-state index contributed by atoms with van der Waals surface area (Å²) in [6.07, 6.45) is 0. The maximum absolute atomic E-state index is 13.5. The Labute approximate surface area is 197 Å². The van der Waals surface area contributed by atoms with Crippen LogP contribution in [0.4, 0.5) is 11.4 Å². The van der Waals surface area contributed by atoms with Crippen molar-refractivity contribution in [1.82, 2.24) is 0 Å². The fraction of sp³-hybridized carbons (Fsp3) is 0.174. The van der Waals surface area contributed by atoms with Gasteiger partial charge in [-0.3, -0.25) is 9.10 Å². The van der Waals surface area contributed by atoms with Crippen molar-refractivity contribution in [3.8, 4) is 5.75 Å². The third-order valence-electron chi connectivity index (χ3n) is 4.66. The molecule has 168 valence electrons. The van der Waals surface area contributed by atoms with Gasteiger partial charge in [0.15, 0.2) is 0 Å². The number of halogens is 2. The van der Waals surface area contributed by atoms with Gasteiger partial charge in [-0.2, -0.15) is 0 Å². The summed E-state index contributed by atoms with van der Waals surface area (Å²) in [5, 5.41) is 3.64. The number of hydrogen-bond donors (Lipinski definition) is 1. The molecule has 0 bridgehead atoms. The van der Waals surface area contributed by atoms with Gasteiger partial charge in [-0.25, -0.2) is 8.42 Å². The third kappa shape index (κ3) is 5.35. The summed E-state index contributed by atoms with van der Waals surface area (Å²) < 4.78 is 33.7. The van der Waals surface area contributed by atoms with E-state index in [1.165, 1.54) is 24.3 Å². The minimum absolute atomic E-state index is 0.0000577. The molecule has 3 aromatic rings. The maximum atomic E-state index is 13.5. The van der Waals surface area contributed by atoms with E-state index in [1.807, 2.05) is 0 Å². The van der Waals surface area contributed by atoms with Gasteiger partial charge in [-0.05, 0) is 67.9 Å². The van der Waals surface area contributed by atoms with Crippen LogP contribution in [0.3, 0.4) is 0 Å². The van der Waals surface area contributed by atoms with Crippen molar-refractivity contribution in [3.05, 3.63) is 82.3 Å². The summed E-state index contributed by atoms with van der Waals surface area (Å²) in [5.41, 5.74) is 1.44. The lowest BCUT2D eigenvalue weighted by molar-refractivity contribution is -0.114. The Morgan fingerprint density at radius 1 is 1.00 bits per heavy atom. The zero-order valence-electron chi connectivity index (χ0n) is 17.5. The lowest BCUT2D eigenvalue weighted by atomic mass is 10.2. The second kappa shape index (κ2) is 10.3. The molecule has 1 N–H and O–H groups in total. The molecule has 0 aliphatic rings. The molecular formula is C23H22Cl2N2O4S. The van der Waals surface area contributed by atoms with Crippen LogP contribution in [-0.4, -0.2) is 27.5 Å². The highest BCUT2D eigenvalue weighted by molar-refractivity contribution is 7.92. The van der Waals surface area contributed by atoms with E-state index in [0.29, 0.717) is 33.7 Å². The van der Waals surface area contributed by atoms with E-state index in [9.17, 15) is 13.2 Å². The fourth-order valence-corrected chi connectivity index (χ4v) is 4.77. The molecule has 0 fully saturated rings. The molecule has 0 spiro atoms. The molecule has 3 aromatic carbocycles. The van der Waals surface area contributed by atoms with Crippen LogP contribution in [0.5, 0.6) is 5.75 Å². The van der Waals surface area contributed by atoms with Gasteiger partial charge < -0.3 is 10.1 Å². The number of hydrogen-bond acceptors (Lipinski definition) is 4. The zero-order valence-corrected chi connectivity index (χ0v) is 19.8. The minimum Gasteiger partial charge on any atom is -0.492 e. The lowest BCUT2D eigenvalue weighted by Gasteiger charge is -2.26. The van der Waals surface area contributed by atoms with Crippen LogP contribution in [0.2, 0.25) is 10.0 Å². The molecule has 0 saturated heterocycles. The maximum Gasteiger partial charge on any atom is 0.264 e. The van der Waals surface area contributed by atoms with Crippen LogP contribution in [0.1, 0.15) is 12.5 Å². The lowest BCUT2D eigenvalue weighted by Crippen LogP contribution is -2.38. The molecule has 3 rings (SSSR count). The van der Waals surface area contributed by atoms with Crippen molar-refractivity contribution in [3.63, 3.8) is 0 Å². The van der Waals surface area contributed by atoms with Gasteiger partial charge in [0, 0.05) is 15.7 Å². The molecule has 9 heteroatoms. The van der Waals surface area contributed by atoms with Crippen LogP contribution in [0.15, 0.2) is 71.6 Å². The summed E-state index contributed by atoms with van der Waals surface area (Å²) >= 11 is 12.1. The van der Waals surface area contributed by atoms with Crippen molar-refractivity contribution in [2.24, 2.45) is 0 Å². The number of nitrogens with zero attached hydrogens (tertiary/aromatic N) is 1. The molecule has 0 aliphatic carbocycles. The molecule has 0 saturated carbocycles. The van der Waals surface area contributed by atoms with Gasteiger partial charge in [-0.15, -0.1) is 0 Å². The van der Waals surface area contributed by atoms with Crippen molar-refractivity contribution in [2.45, 2.75) is 18.7 Å². The summed E-state index contributed by atoms with van der Waals surface area (Å²) in [5.74, 6) is -0.182. The van der Waals surface area contributed by atoms with Crippen molar-refractivity contribution in [2.75, 3.05) is 22.8 Å². The Bertz CT molecular complexity index is 1210. The quantitative estimate of drug-likeness (QED) is 0.448. The fourth-order valence-electron chi connectivity index (χ4n) is 3.04. The average Bonchev–Trinajstić information content (AvgIpc) is 2.76. The van der Waals surface area contributed by atoms with Crippen LogP contribution in [0.25, 0.3) is 0 Å². The van der Waals surface area contributed by atoms with E-state index >= 15 is 0 Å². The van der Waals surface area contributed by atoms with E-state index in [-0.39, 0.29) is 10.6 Å². The topological polar surface area (TPSA) is 75.7 Å². The van der Waals surface area contributed by atoms with Crippen molar-refractivity contribution < 1.29 is 17.9 Å². The predicted octanol–water partition coefficient (Wildman–Crippen LogP) is 5.53. The second-order valence-corrected chi connectivity index (χ2v) is 9.53. The molecule has 0 unspecified atom stereocenters. The summed E-state index contributed by atoms with van der Waals surface area (Å²) in [6, 6.07) is 17.5. The van der Waals surface area contributed by atoms with Gasteiger partial charge in [0.05, 0.1) is 17.2 Å². The van der Waals surface area contributed by atoms with E-state index in [1.54, 1.807) is 56.3 Å². The molecule has 0 aromatic heterocycles. The van der Waals surface area contributed by atoms with Gasteiger partial charge in [-0.1, -0.05) is 41.4 Å². The van der Waals surface area contributed by atoms with Gasteiger partial charge in [0.2, 0.25) is 5.91 Å². The summed E-state index contributed by atoms with van der Waals surface area (Å²) in [4.78, 5) is 12.9. The Morgan fingerprint density at radius 3 is 2.38 bits per heavy atom. The molecule has 1 amide bonds. The smallest absolute Gasteiger partial charge is 0.264 e. The number of benzene rings is 3. The number of ether oxygens (including phenoxy) is 1. The van der Waals surface area contributed by atoms with Gasteiger partial charge >= 0.3 is 0 Å². The first-order chi connectivity index (χ1) is 15.2. The van der Waals surface area contributed by atoms with E-state index in [2.05, 4.69) is 5.32 Å². The van der Waals surface area contributed by atoms with Gasteiger partial charge in [0.25, 0.3) is 10.0 Å². The molecule has 0 heterocycles. The average molecular weight is 493 g/mol. The SMILES string of the molecule is CCOc1ccccc1N(CC(=O)Nc1cccc(Cl)c1C)S(=O)(=O)c1ccc(Cl)cc1. The first kappa shape index (κ1) is 23.9. The van der Waals surface area contributed by atoms with Crippen LogP contribution >= 0.6 is 23.2 Å². The standard InChI is InChI=1S/C23H22Cl2N2O4S/c1-3-31-22-10-5-4-9-21(22)27(32(29,30)18-13-11-17(24)12-14-18)15-23(28)26-20-8-6-7-19(25)16(20)2/h4-14H,3,15H2,1-2H3,(H,26,28). The molecule has 0 atom stereocenters. The Kier molecular flexibility index (Phi) is 7.66. The Balaban J connectivity index is 2.02. The number of carbonyl (C=O) groups excluding carboxylic acids is 1. The third-order valence-corrected chi connectivity index (χ3v) is 7.10. The number of carbonyl (C=O) groups is 1. The van der Waals surface area contributed by atoms with Crippen LogP contribution < -0.4 is 14.4 Å². The van der Waals surface area contributed by atoms with Crippen molar-refractivity contribution >= 4 is 50.5 Å². The highest BCUT2D eigenvalue weighted by Crippen LogP contribution is 2.33. The van der Waals surface area contributed by atoms with Crippen molar-refractivity contribution in [1.29, 1.82) is 0 Å². The Hall–Kier alpha value is -2.74.